The van der Waals surface area contributed by atoms with Gasteiger partial charge in [-0.2, -0.15) is 0 Å². The van der Waals surface area contributed by atoms with Gasteiger partial charge in [-0.3, -0.25) is 14.4 Å². The maximum atomic E-state index is 13.0. The number of ether oxygens (including phenoxy) is 1. The van der Waals surface area contributed by atoms with Crippen LogP contribution in [0.2, 0.25) is 0 Å². The number of hydrogen-bond donors (Lipinski definition) is 1. The zero-order valence-corrected chi connectivity index (χ0v) is 15.7. The van der Waals surface area contributed by atoms with E-state index in [0.29, 0.717) is 31.5 Å². The van der Waals surface area contributed by atoms with Gasteiger partial charge in [0.1, 0.15) is 0 Å². The van der Waals surface area contributed by atoms with Crippen molar-refractivity contribution in [2.75, 3.05) is 13.2 Å². The first-order valence-electron chi connectivity index (χ1n) is 10.4. The Kier molecular flexibility index (Phi) is 6.92. The molecule has 0 bridgehead atoms. The minimum Gasteiger partial charge on any atom is -0.455 e. The zero-order valence-electron chi connectivity index (χ0n) is 15.7. The second-order valence-corrected chi connectivity index (χ2v) is 8.03. The van der Waals surface area contributed by atoms with Crippen LogP contribution in [-0.4, -0.2) is 47.9 Å². The first-order valence-corrected chi connectivity index (χ1v) is 10.4. The number of nitrogens with one attached hydrogen (secondary N) is 1. The van der Waals surface area contributed by atoms with E-state index in [1.54, 1.807) is 0 Å². The van der Waals surface area contributed by atoms with Crippen LogP contribution in [0.15, 0.2) is 0 Å². The summed E-state index contributed by atoms with van der Waals surface area (Å²) in [4.78, 5) is 38.5. The van der Waals surface area contributed by atoms with Crippen molar-refractivity contribution in [3.8, 4) is 0 Å². The molecule has 2 amide bonds. The molecule has 0 aromatic carbocycles. The lowest BCUT2D eigenvalue weighted by Crippen LogP contribution is -2.50. The summed E-state index contributed by atoms with van der Waals surface area (Å²) in [5, 5.41) is 2.69. The molecule has 1 saturated heterocycles. The molecule has 6 nitrogen and oxygen atoms in total. The zero-order chi connectivity index (χ0) is 18.4. The highest BCUT2D eigenvalue weighted by Gasteiger charge is 2.33. The fourth-order valence-electron chi connectivity index (χ4n) is 4.68. The maximum absolute atomic E-state index is 13.0. The number of piperidine rings is 1. The largest absolute Gasteiger partial charge is 0.455 e. The molecule has 0 aromatic rings. The topological polar surface area (TPSA) is 75.7 Å². The van der Waals surface area contributed by atoms with Gasteiger partial charge in [0, 0.05) is 25.0 Å². The molecule has 0 radical (unpaired) electrons. The van der Waals surface area contributed by atoms with Gasteiger partial charge < -0.3 is 15.0 Å². The minimum atomic E-state index is -0.356. The van der Waals surface area contributed by atoms with Crippen LogP contribution in [-0.2, 0) is 19.1 Å². The van der Waals surface area contributed by atoms with Gasteiger partial charge in [-0.1, -0.05) is 38.5 Å². The Morgan fingerprint density at radius 3 is 2.00 bits per heavy atom. The first kappa shape index (κ1) is 19.2. The normalized spacial score (nSPS) is 25.4. The molecule has 0 aromatic heterocycles. The third-order valence-electron chi connectivity index (χ3n) is 6.16. The van der Waals surface area contributed by atoms with E-state index in [0.717, 1.165) is 25.7 Å². The smallest absolute Gasteiger partial charge is 0.311 e. The molecule has 6 heteroatoms. The molecular weight excluding hydrogens is 332 g/mol. The highest BCUT2D eigenvalue weighted by Crippen LogP contribution is 2.30. The molecule has 2 saturated carbocycles. The SMILES string of the molecule is O=C1CC[C@H](C(=O)OCC(=O)N(C2CCCCC2)C2CCCCC2)CN1. The van der Waals surface area contributed by atoms with E-state index in [4.69, 9.17) is 4.74 Å². The Morgan fingerprint density at radius 2 is 1.50 bits per heavy atom. The van der Waals surface area contributed by atoms with Crippen LogP contribution in [0.5, 0.6) is 0 Å². The Morgan fingerprint density at radius 1 is 0.923 bits per heavy atom. The van der Waals surface area contributed by atoms with Crippen molar-refractivity contribution in [3.63, 3.8) is 0 Å². The van der Waals surface area contributed by atoms with Crippen LogP contribution in [0.3, 0.4) is 0 Å². The lowest BCUT2D eigenvalue weighted by Gasteiger charge is -2.41. The summed E-state index contributed by atoms with van der Waals surface area (Å²) in [5.74, 6) is -0.730. The standard InChI is InChI=1S/C20H32N2O4/c23-18-12-11-15(13-21-18)20(25)26-14-19(24)22(16-7-3-1-4-8-16)17-9-5-2-6-10-17/h15-17H,1-14H2,(H,21,23)/t15-/m0/s1. The van der Waals surface area contributed by atoms with Gasteiger partial charge in [-0.25, -0.2) is 0 Å². The van der Waals surface area contributed by atoms with E-state index in [1.807, 2.05) is 0 Å². The van der Waals surface area contributed by atoms with Gasteiger partial charge in [-0.15, -0.1) is 0 Å². The van der Waals surface area contributed by atoms with Crippen molar-refractivity contribution >= 4 is 17.8 Å². The van der Waals surface area contributed by atoms with Gasteiger partial charge in [0.15, 0.2) is 6.61 Å². The molecule has 2 aliphatic carbocycles. The monoisotopic (exact) mass is 364 g/mol. The van der Waals surface area contributed by atoms with E-state index < -0.39 is 0 Å². The third kappa shape index (κ3) is 4.98. The van der Waals surface area contributed by atoms with Gasteiger partial charge in [-0.05, 0) is 32.1 Å². The van der Waals surface area contributed by atoms with E-state index in [-0.39, 0.29) is 30.3 Å². The fourth-order valence-corrected chi connectivity index (χ4v) is 4.68. The molecule has 146 valence electrons. The minimum absolute atomic E-state index is 0.0223. The molecule has 3 rings (SSSR count). The molecule has 3 fully saturated rings. The molecule has 0 spiro atoms. The molecule has 26 heavy (non-hydrogen) atoms. The second-order valence-electron chi connectivity index (χ2n) is 8.03. The van der Waals surface area contributed by atoms with Crippen LogP contribution >= 0.6 is 0 Å². The third-order valence-corrected chi connectivity index (χ3v) is 6.16. The van der Waals surface area contributed by atoms with Crippen molar-refractivity contribution < 1.29 is 19.1 Å². The van der Waals surface area contributed by atoms with Gasteiger partial charge in [0.25, 0.3) is 5.91 Å². The van der Waals surface area contributed by atoms with Crippen LogP contribution < -0.4 is 5.32 Å². The van der Waals surface area contributed by atoms with Crippen LogP contribution in [0.25, 0.3) is 0 Å². The highest BCUT2D eigenvalue weighted by atomic mass is 16.5. The molecule has 0 unspecified atom stereocenters. The second kappa shape index (κ2) is 9.38. The van der Waals surface area contributed by atoms with Crippen molar-refractivity contribution in [2.24, 2.45) is 5.92 Å². The number of hydrogen-bond acceptors (Lipinski definition) is 4. The Labute approximate surface area is 156 Å². The predicted molar refractivity (Wildman–Crippen MR) is 97.3 cm³/mol. The van der Waals surface area contributed by atoms with E-state index >= 15 is 0 Å². The van der Waals surface area contributed by atoms with Crippen LogP contribution in [0, 0.1) is 5.92 Å². The quantitative estimate of drug-likeness (QED) is 0.761. The van der Waals surface area contributed by atoms with Crippen molar-refractivity contribution in [1.29, 1.82) is 0 Å². The summed E-state index contributed by atoms with van der Waals surface area (Å²) < 4.78 is 5.36. The van der Waals surface area contributed by atoms with Gasteiger partial charge in [0.05, 0.1) is 5.92 Å². The van der Waals surface area contributed by atoms with E-state index in [1.165, 1.54) is 38.5 Å². The van der Waals surface area contributed by atoms with Gasteiger partial charge in [0.2, 0.25) is 5.91 Å². The van der Waals surface area contributed by atoms with E-state index in [2.05, 4.69) is 10.2 Å². The molecule has 3 aliphatic rings. The summed E-state index contributed by atoms with van der Waals surface area (Å²) in [5.41, 5.74) is 0. The van der Waals surface area contributed by atoms with Crippen molar-refractivity contribution in [3.05, 3.63) is 0 Å². The summed E-state index contributed by atoms with van der Waals surface area (Å²) in [6, 6.07) is 0.624. The lowest BCUT2D eigenvalue weighted by atomic mass is 9.88. The average molecular weight is 364 g/mol. The Bertz CT molecular complexity index is 482. The summed E-state index contributed by atoms with van der Waals surface area (Å²) in [6.45, 7) is 0.164. The van der Waals surface area contributed by atoms with Gasteiger partial charge >= 0.3 is 5.97 Å². The molecular formula is C20H32N2O4. The molecule has 1 N–H and O–H groups in total. The number of esters is 1. The number of nitrogens with zero attached hydrogens (tertiary/aromatic N) is 1. The predicted octanol–water partition coefficient (Wildman–Crippen LogP) is 2.55. The molecule has 1 heterocycles. The Balaban J connectivity index is 1.55. The maximum Gasteiger partial charge on any atom is 0.311 e. The Hall–Kier alpha value is -1.59. The number of carbonyl (C=O) groups excluding carboxylic acids is 3. The lowest BCUT2D eigenvalue weighted by molar-refractivity contribution is -0.159. The first-order chi connectivity index (χ1) is 12.6. The fraction of sp³-hybridized carbons (Fsp3) is 0.850. The highest BCUT2D eigenvalue weighted by molar-refractivity contribution is 5.84. The summed E-state index contributed by atoms with van der Waals surface area (Å²) in [6.07, 6.45) is 12.4. The van der Waals surface area contributed by atoms with Crippen molar-refractivity contribution in [2.45, 2.75) is 89.1 Å². The number of carbonyl (C=O) groups is 3. The van der Waals surface area contributed by atoms with E-state index in [9.17, 15) is 14.4 Å². The van der Waals surface area contributed by atoms with Crippen LogP contribution in [0.1, 0.15) is 77.0 Å². The average Bonchev–Trinajstić information content (AvgIpc) is 2.68. The molecule has 1 aliphatic heterocycles. The summed E-state index contributed by atoms with van der Waals surface area (Å²) in [7, 11) is 0. The summed E-state index contributed by atoms with van der Waals surface area (Å²) >= 11 is 0. The number of rotatable bonds is 5. The molecule has 1 atom stereocenters. The van der Waals surface area contributed by atoms with Crippen LogP contribution in [0.4, 0.5) is 0 Å². The van der Waals surface area contributed by atoms with Crippen molar-refractivity contribution in [1.82, 2.24) is 10.2 Å². The number of amides is 2.